The van der Waals surface area contributed by atoms with Gasteiger partial charge in [0.05, 0.1) is 6.10 Å². The molecule has 1 fully saturated rings. The van der Waals surface area contributed by atoms with Gasteiger partial charge in [-0.15, -0.1) is 0 Å². The SMILES string of the molecule is O=C(O)C=Cc1ccccc1CN1CCC(O)C1. The second-order valence-corrected chi connectivity index (χ2v) is 4.55. The second-order valence-electron chi connectivity index (χ2n) is 4.55. The monoisotopic (exact) mass is 247 g/mol. The van der Waals surface area contributed by atoms with Crippen molar-refractivity contribution in [2.75, 3.05) is 13.1 Å². The van der Waals surface area contributed by atoms with Crippen molar-refractivity contribution >= 4 is 12.0 Å². The number of β-amino-alcohol motifs (C(OH)–C–C–N with tert-alkyl or cyclic N) is 1. The molecule has 0 saturated carbocycles. The van der Waals surface area contributed by atoms with Gasteiger partial charge in [0.1, 0.15) is 0 Å². The lowest BCUT2D eigenvalue weighted by Gasteiger charge is -2.16. The lowest BCUT2D eigenvalue weighted by atomic mass is 10.1. The van der Waals surface area contributed by atoms with Crippen LogP contribution in [-0.4, -0.2) is 40.3 Å². The highest BCUT2D eigenvalue weighted by atomic mass is 16.4. The lowest BCUT2D eigenvalue weighted by molar-refractivity contribution is -0.131. The number of carboxylic acids is 1. The quantitative estimate of drug-likeness (QED) is 0.788. The molecule has 1 saturated heterocycles. The summed E-state index contributed by atoms with van der Waals surface area (Å²) in [6.45, 7) is 2.33. The topological polar surface area (TPSA) is 60.8 Å². The Morgan fingerprint density at radius 1 is 1.44 bits per heavy atom. The van der Waals surface area contributed by atoms with Gasteiger partial charge in [-0.25, -0.2) is 4.79 Å². The molecule has 1 aliphatic heterocycles. The van der Waals surface area contributed by atoms with Gasteiger partial charge in [0, 0.05) is 25.7 Å². The third-order valence-corrected chi connectivity index (χ3v) is 3.10. The number of aliphatic carboxylic acids is 1. The molecule has 1 aromatic carbocycles. The predicted octanol–water partition coefficient (Wildman–Crippen LogP) is 1.35. The van der Waals surface area contributed by atoms with Crippen molar-refractivity contribution in [3.63, 3.8) is 0 Å². The molecule has 4 heteroatoms. The minimum atomic E-state index is -0.943. The smallest absolute Gasteiger partial charge is 0.328 e. The molecule has 1 aliphatic rings. The van der Waals surface area contributed by atoms with Crippen molar-refractivity contribution in [3.8, 4) is 0 Å². The molecular formula is C14H17NO3. The van der Waals surface area contributed by atoms with Gasteiger partial charge in [0.2, 0.25) is 0 Å². The predicted molar refractivity (Wildman–Crippen MR) is 69.0 cm³/mol. The van der Waals surface area contributed by atoms with E-state index in [0.29, 0.717) is 6.54 Å². The fraction of sp³-hybridized carbons (Fsp3) is 0.357. The Morgan fingerprint density at radius 3 is 2.89 bits per heavy atom. The Hall–Kier alpha value is -1.65. The minimum Gasteiger partial charge on any atom is -0.478 e. The zero-order chi connectivity index (χ0) is 13.0. The summed E-state index contributed by atoms with van der Waals surface area (Å²) < 4.78 is 0. The summed E-state index contributed by atoms with van der Waals surface area (Å²) >= 11 is 0. The second kappa shape index (κ2) is 5.80. The summed E-state index contributed by atoms with van der Waals surface area (Å²) in [6.07, 6.45) is 3.35. The van der Waals surface area contributed by atoms with Crippen molar-refractivity contribution in [1.82, 2.24) is 4.90 Å². The molecule has 1 aromatic rings. The Balaban J connectivity index is 2.10. The molecule has 0 aliphatic carbocycles. The average Bonchev–Trinajstić information content (AvgIpc) is 2.73. The lowest BCUT2D eigenvalue weighted by Crippen LogP contribution is -2.21. The molecule has 2 N–H and O–H groups in total. The highest BCUT2D eigenvalue weighted by molar-refractivity contribution is 5.85. The van der Waals surface area contributed by atoms with Gasteiger partial charge in [-0.3, -0.25) is 4.90 Å². The highest BCUT2D eigenvalue weighted by Crippen LogP contribution is 2.17. The van der Waals surface area contributed by atoms with Crippen LogP contribution >= 0.6 is 0 Å². The number of carboxylic acid groups (broad SMARTS) is 1. The Kier molecular flexibility index (Phi) is 4.12. The third kappa shape index (κ3) is 3.42. The minimum absolute atomic E-state index is 0.230. The number of hydrogen-bond donors (Lipinski definition) is 2. The summed E-state index contributed by atoms with van der Waals surface area (Å²) in [5, 5.41) is 18.1. The summed E-state index contributed by atoms with van der Waals surface area (Å²) in [4.78, 5) is 12.7. The number of benzene rings is 1. The van der Waals surface area contributed by atoms with E-state index in [2.05, 4.69) is 4.90 Å². The molecule has 2 rings (SSSR count). The summed E-state index contributed by atoms with van der Waals surface area (Å²) in [5.41, 5.74) is 2.00. The first kappa shape index (κ1) is 12.8. The number of carbonyl (C=O) groups is 1. The largest absolute Gasteiger partial charge is 0.478 e. The van der Waals surface area contributed by atoms with E-state index in [4.69, 9.17) is 5.11 Å². The van der Waals surface area contributed by atoms with Crippen LogP contribution < -0.4 is 0 Å². The first-order valence-corrected chi connectivity index (χ1v) is 6.04. The van der Waals surface area contributed by atoms with Gasteiger partial charge in [0.15, 0.2) is 0 Å². The number of rotatable bonds is 4. The van der Waals surface area contributed by atoms with Crippen LogP contribution in [0.15, 0.2) is 30.3 Å². The van der Waals surface area contributed by atoms with Crippen LogP contribution in [0, 0.1) is 0 Å². The van der Waals surface area contributed by atoms with E-state index in [0.717, 1.165) is 36.7 Å². The molecule has 1 heterocycles. The van der Waals surface area contributed by atoms with Gasteiger partial charge in [-0.2, -0.15) is 0 Å². The van der Waals surface area contributed by atoms with E-state index in [1.165, 1.54) is 0 Å². The fourth-order valence-corrected chi connectivity index (χ4v) is 2.20. The zero-order valence-electron chi connectivity index (χ0n) is 10.1. The first-order chi connectivity index (χ1) is 8.65. The number of aliphatic hydroxyl groups excluding tert-OH is 1. The van der Waals surface area contributed by atoms with Gasteiger partial charge in [-0.1, -0.05) is 24.3 Å². The van der Waals surface area contributed by atoms with Crippen LogP contribution in [0.4, 0.5) is 0 Å². The van der Waals surface area contributed by atoms with Crippen molar-refractivity contribution in [1.29, 1.82) is 0 Å². The molecule has 0 bridgehead atoms. The van der Waals surface area contributed by atoms with E-state index >= 15 is 0 Å². The highest BCUT2D eigenvalue weighted by Gasteiger charge is 2.20. The maximum absolute atomic E-state index is 10.5. The van der Waals surface area contributed by atoms with Crippen LogP contribution in [0.1, 0.15) is 17.5 Å². The van der Waals surface area contributed by atoms with Crippen LogP contribution in [-0.2, 0) is 11.3 Å². The van der Waals surface area contributed by atoms with E-state index < -0.39 is 5.97 Å². The number of aliphatic hydroxyl groups is 1. The molecule has 1 unspecified atom stereocenters. The van der Waals surface area contributed by atoms with Gasteiger partial charge in [-0.05, 0) is 23.6 Å². The molecule has 1 atom stereocenters. The first-order valence-electron chi connectivity index (χ1n) is 6.04. The standard InChI is InChI=1S/C14H17NO3/c16-13-7-8-15(10-13)9-12-4-2-1-3-11(12)5-6-14(17)18/h1-6,13,16H,7-10H2,(H,17,18). The zero-order valence-corrected chi connectivity index (χ0v) is 10.1. The van der Waals surface area contributed by atoms with Crippen LogP contribution in [0.5, 0.6) is 0 Å². The molecule has 18 heavy (non-hydrogen) atoms. The van der Waals surface area contributed by atoms with Crippen LogP contribution in [0.3, 0.4) is 0 Å². The van der Waals surface area contributed by atoms with Crippen molar-refractivity contribution in [2.45, 2.75) is 19.1 Å². The third-order valence-electron chi connectivity index (χ3n) is 3.10. The summed E-state index contributed by atoms with van der Waals surface area (Å²) in [7, 11) is 0. The number of likely N-dealkylation sites (tertiary alicyclic amines) is 1. The summed E-state index contributed by atoms with van der Waals surface area (Å²) in [6, 6.07) is 7.73. The maximum Gasteiger partial charge on any atom is 0.328 e. The molecule has 96 valence electrons. The van der Waals surface area contributed by atoms with E-state index in [-0.39, 0.29) is 6.10 Å². The van der Waals surface area contributed by atoms with E-state index in [1.54, 1.807) is 6.08 Å². The summed E-state index contributed by atoms with van der Waals surface area (Å²) in [5.74, 6) is -0.943. The Labute approximate surface area is 106 Å². The van der Waals surface area contributed by atoms with Gasteiger partial charge >= 0.3 is 5.97 Å². The van der Waals surface area contributed by atoms with E-state index in [9.17, 15) is 9.90 Å². The molecule has 0 amide bonds. The van der Waals surface area contributed by atoms with Crippen LogP contribution in [0.25, 0.3) is 6.08 Å². The number of nitrogens with zero attached hydrogens (tertiary/aromatic N) is 1. The van der Waals surface area contributed by atoms with E-state index in [1.807, 2.05) is 24.3 Å². The molecule has 0 radical (unpaired) electrons. The normalized spacial score (nSPS) is 20.6. The van der Waals surface area contributed by atoms with Crippen molar-refractivity contribution in [2.24, 2.45) is 0 Å². The Bertz CT molecular complexity index is 456. The maximum atomic E-state index is 10.5. The van der Waals surface area contributed by atoms with Gasteiger partial charge in [0.25, 0.3) is 0 Å². The van der Waals surface area contributed by atoms with Crippen molar-refractivity contribution < 1.29 is 15.0 Å². The molecular weight excluding hydrogens is 230 g/mol. The molecule has 0 aromatic heterocycles. The molecule has 4 nitrogen and oxygen atoms in total. The average molecular weight is 247 g/mol. The Morgan fingerprint density at radius 2 is 2.22 bits per heavy atom. The van der Waals surface area contributed by atoms with Crippen LogP contribution in [0.2, 0.25) is 0 Å². The fourth-order valence-electron chi connectivity index (χ4n) is 2.20. The number of hydrogen-bond acceptors (Lipinski definition) is 3. The van der Waals surface area contributed by atoms with Gasteiger partial charge < -0.3 is 10.2 Å². The van der Waals surface area contributed by atoms with Crippen molar-refractivity contribution in [3.05, 3.63) is 41.5 Å². The molecule has 0 spiro atoms.